The zero-order valence-corrected chi connectivity index (χ0v) is 11.5. The van der Waals surface area contributed by atoms with Crippen molar-refractivity contribution in [1.82, 2.24) is 9.97 Å². The summed E-state index contributed by atoms with van der Waals surface area (Å²) in [5.41, 5.74) is 6.78. The van der Waals surface area contributed by atoms with Crippen molar-refractivity contribution >= 4 is 17.7 Å². The van der Waals surface area contributed by atoms with Crippen LogP contribution in [0, 0.1) is 0 Å². The molecule has 1 saturated heterocycles. The predicted octanol–water partition coefficient (Wildman–Crippen LogP) is 2.10. The summed E-state index contributed by atoms with van der Waals surface area (Å²) in [6.45, 7) is 5.27. The van der Waals surface area contributed by atoms with Gasteiger partial charge in [0.1, 0.15) is 0 Å². The molecule has 0 bridgehead atoms. The standard InChI is InChI=1S/C14H22N4O/c1-2-3-4-5-6-12-11-16-13(15)14(17-12)18-7-9-19-10-8-18/h5-6,11H,2-4,7-10H2,1H3,(H2,15,16)/b6-5+. The third kappa shape index (κ3) is 3.92. The molecule has 2 N–H and O–H groups in total. The molecule has 2 heterocycles. The van der Waals surface area contributed by atoms with Crippen LogP contribution in [-0.2, 0) is 4.74 Å². The molecule has 0 spiro atoms. The molecule has 1 fully saturated rings. The van der Waals surface area contributed by atoms with Crippen LogP contribution in [0.4, 0.5) is 11.6 Å². The van der Waals surface area contributed by atoms with Crippen molar-refractivity contribution in [3.63, 3.8) is 0 Å². The van der Waals surface area contributed by atoms with Gasteiger partial charge in [-0.25, -0.2) is 9.97 Å². The second-order valence-electron chi connectivity index (χ2n) is 4.65. The Hall–Kier alpha value is -1.62. The summed E-state index contributed by atoms with van der Waals surface area (Å²) in [5, 5.41) is 0. The first-order valence-electron chi connectivity index (χ1n) is 6.93. The minimum Gasteiger partial charge on any atom is -0.381 e. The molecule has 1 aromatic heterocycles. The normalized spacial score (nSPS) is 16.2. The van der Waals surface area contributed by atoms with Crippen molar-refractivity contribution in [3.8, 4) is 0 Å². The Morgan fingerprint density at radius 2 is 2.21 bits per heavy atom. The number of nitrogens with two attached hydrogens (primary N) is 1. The van der Waals surface area contributed by atoms with Gasteiger partial charge in [0.2, 0.25) is 0 Å². The minimum atomic E-state index is 0.493. The highest BCUT2D eigenvalue weighted by Crippen LogP contribution is 2.19. The third-order valence-electron chi connectivity index (χ3n) is 3.12. The topological polar surface area (TPSA) is 64.3 Å². The monoisotopic (exact) mass is 262 g/mol. The quantitative estimate of drug-likeness (QED) is 0.823. The van der Waals surface area contributed by atoms with Gasteiger partial charge in [-0.3, -0.25) is 0 Å². The molecule has 0 saturated carbocycles. The molecule has 1 aromatic rings. The van der Waals surface area contributed by atoms with Crippen LogP contribution < -0.4 is 10.6 Å². The fourth-order valence-electron chi connectivity index (χ4n) is 2.02. The Balaban J connectivity index is 2.07. The summed E-state index contributed by atoms with van der Waals surface area (Å²) in [7, 11) is 0. The zero-order valence-electron chi connectivity index (χ0n) is 11.5. The Labute approximate surface area is 114 Å². The van der Waals surface area contributed by atoms with Crippen molar-refractivity contribution in [2.24, 2.45) is 0 Å². The number of unbranched alkanes of at least 4 members (excludes halogenated alkanes) is 2. The van der Waals surface area contributed by atoms with Crippen LogP contribution in [0.15, 0.2) is 12.3 Å². The highest BCUT2D eigenvalue weighted by atomic mass is 16.5. The van der Waals surface area contributed by atoms with Gasteiger partial charge < -0.3 is 15.4 Å². The summed E-state index contributed by atoms with van der Waals surface area (Å²) in [6, 6.07) is 0. The first kappa shape index (κ1) is 13.8. The van der Waals surface area contributed by atoms with Crippen LogP contribution in [0.25, 0.3) is 6.08 Å². The van der Waals surface area contributed by atoms with E-state index >= 15 is 0 Å². The fourth-order valence-corrected chi connectivity index (χ4v) is 2.02. The zero-order chi connectivity index (χ0) is 13.5. The summed E-state index contributed by atoms with van der Waals surface area (Å²) >= 11 is 0. The van der Waals surface area contributed by atoms with Gasteiger partial charge in [0.15, 0.2) is 11.6 Å². The van der Waals surface area contributed by atoms with E-state index in [1.807, 2.05) is 6.08 Å². The van der Waals surface area contributed by atoms with Gasteiger partial charge in [0, 0.05) is 13.1 Å². The number of aromatic nitrogens is 2. The number of hydrogen-bond donors (Lipinski definition) is 1. The molecule has 5 nitrogen and oxygen atoms in total. The molecule has 1 aliphatic heterocycles. The van der Waals surface area contributed by atoms with Gasteiger partial charge >= 0.3 is 0 Å². The number of nitrogen functional groups attached to an aromatic ring is 1. The molecule has 0 atom stereocenters. The number of allylic oxidation sites excluding steroid dienone is 1. The number of rotatable bonds is 5. The maximum Gasteiger partial charge on any atom is 0.172 e. The maximum absolute atomic E-state index is 5.92. The summed E-state index contributed by atoms with van der Waals surface area (Å²) in [5.74, 6) is 1.27. The number of nitrogens with zero attached hydrogens (tertiary/aromatic N) is 3. The number of anilines is 2. The smallest absolute Gasteiger partial charge is 0.172 e. The van der Waals surface area contributed by atoms with E-state index in [1.165, 1.54) is 12.8 Å². The fraction of sp³-hybridized carbons (Fsp3) is 0.571. The Morgan fingerprint density at radius 3 is 2.95 bits per heavy atom. The second-order valence-corrected chi connectivity index (χ2v) is 4.65. The Morgan fingerprint density at radius 1 is 1.42 bits per heavy atom. The first-order valence-corrected chi connectivity index (χ1v) is 6.93. The summed E-state index contributed by atoms with van der Waals surface area (Å²) < 4.78 is 5.34. The van der Waals surface area contributed by atoms with Crippen LogP contribution in [0.5, 0.6) is 0 Å². The van der Waals surface area contributed by atoms with E-state index < -0.39 is 0 Å². The molecular weight excluding hydrogens is 240 g/mol. The molecule has 19 heavy (non-hydrogen) atoms. The van der Waals surface area contributed by atoms with Crippen LogP contribution in [0.3, 0.4) is 0 Å². The van der Waals surface area contributed by atoms with E-state index in [0.717, 1.165) is 44.2 Å². The highest BCUT2D eigenvalue weighted by Gasteiger charge is 2.16. The number of morpholine rings is 1. The van der Waals surface area contributed by atoms with E-state index in [4.69, 9.17) is 10.5 Å². The Bertz CT molecular complexity index is 427. The second kappa shape index (κ2) is 7.09. The molecular formula is C14H22N4O. The average Bonchev–Trinajstić information content (AvgIpc) is 2.46. The molecule has 5 heteroatoms. The first-order chi connectivity index (χ1) is 9.31. The molecule has 0 unspecified atom stereocenters. The van der Waals surface area contributed by atoms with Gasteiger partial charge in [-0.2, -0.15) is 0 Å². The number of hydrogen-bond acceptors (Lipinski definition) is 5. The van der Waals surface area contributed by atoms with Gasteiger partial charge in [-0.15, -0.1) is 0 Å². The predicted molar refractivity (Wildman–Crippen MR) is 78.0 cm³/mol. The molecule has 2 rings (SSSR count). The van der Waals surface area contributed by atoms with Crippen molar-refractivity contribution in [2.45, 2.75) is 26.2 Å². The van der Waals surface area contributed by atoms with Crippen molar-refractivity contribution < 1.29 is 4.74 Å². The van der Waals surface area contributed by atoms with Gasteiger partial charge in [0.05, 0.1) is 25.1 Å². The molecule has 0 amide bonds. The molecule has 0 aliphatic carbocycles. The van der Waals surface area contributed by atoms with Crippen molar-refractivity contribution in [1.29, 1.82) is 0 Å². The lowest BCUT2D eigenvalue weighted by molar-refractivity contribution is 0.122. The average molecular weight is 262 g/mol. The lowest BCUT2D eigenvalue weighted by atomic mass is 10.2. The van der Waals surface area contributed by atoms with Crippen LogP contribution in [-0.4, -0.2) is 36.3 Å². The Kier molecular flexibility index (Phi) is 5.15. The molecule has 104 valence electrons. The van der Waals surface area contributed by atoms with E-state index in [9.17, 15) is 0 Å². The SMILES string of the molecule is CCCC/C=C/c1cnc(N)c(N2CCOCC2)n1. The van der Waals surface area contributed by atoms with Crippen LogP contribution in [0.2, 0.25) is 0 Å². The van der Waals surface area contributed by atoms with E-state index in [2.05, 4.69) is 27.9 Å². The van der Waals surface area contributed by atoms with E-state index in [1.54, 1.807) is 6.20 Å². The van der Waals surface area contributed by atoms with E-state index in [-0.39, 0.29) is 0 Å². The summed E-state index contributed by atoms with van der Waals surface area (Å²) in [4.78, 5) is 11.0. The van der Waals surface area contributed by atoms with Gasteiger partial charge in [0.25, 0.3) is 0 Å². The van der Waals surface area contributed by atoms with E-state index in [0.29, 0.717) is 5.82 Å². The maximum atomic E-state index is 5.92. The molecule has 0 aromatic carbocycles. The minimum absolute atomic E-state index is 0.493. The van der Waals surface area contributed by atoms with Gasteiger partial charge in [-0.05, 0) is 12.5 Å². The largest absolute Gasteiger partial charge is 0.381 e. The highest BCUT2D eigenvalue weighted by molar-refractivity contribution is 5.60. The van der Waals surface area contributed by atoms with Crippen molar-refractivity contribution in [3.05, 3.63) is 18.0 Å². The molecule has 1 aliphatic rings. The molecule has 0 radical (unpaired) electrons. The lowest BCUT2D eigenvalue weighted by Crippen LogP contribution is -2.37. The summed E-state index contributed by atoms with van der Waals surface area (Å²) in [6.07, 6.45) is 9.38. The van der Waals surface area contributed by atoms with Crippen molar-refractivity contribution in [2.75, 3.05) is 36.9 Å². The lowest BCUT2D eigenvalue weighted by Gasteiger charge is -2.28. The third-order valence-corrected chi connectivity index (χ3v) is 3.12. The van der Waals surface area contributed by atoms with Crippen LogP contribution in [0.1, 0.15) is 31.9 Å². The van der Waals surface area contributed by atoms with Crippen LogP contribution >= 0.6 is 0 Å². The number of ether oxygens (including phenoxy) is 1. The van der Waals surface area contributed by atoms with Gasteiger partial charge in [-0.1, -0.05) is 25.8 Å².